The van der Waals surface area contributed by atoms with Crippen LogP contribution in [0.3, 0.4) is 0 Å². The first-order valence-corrected chi connectivity index (χ1v) is 11.4. The number of nitrogens with one attached hydrogen (secondary N) is 1. The minimum atomic E-state index is -3.82. The van der Waals surface area contributed by atoms with Crippen LogP contribution in [0.4, 0.5) is 11.6 Å². The monoisotopic (exact) mass is 447 g/mol. The van der Waals surface area contributed by atoms with Gasteiger partial charge in [-0.3, -0.25) is 9.79 Å². The first-order chi connectivity index (χ1) is 15.3. The van der Waals surface area contributed by atoms with E-state index in [1.54, 1.807) is 26.0 Å². The Hall–Kier alpha value is -3.78. The van der Waals surface area contributed by atoms with E-state index < -0.39 is 10.0 Å². The number of rotatable bonds is 7. The maximum atomic E-state index is 12.6. The van der Waals surface area contributed by atoms with E-state index in [2.05, 4.69) is 14.9 Å². The number of anilines is 1. The lowest BCUT2D eigenvalue weighted by molar-refractivity contribution is 0.100. The van der Waals surface area contributed by atoms with Crippen molar-refractivity contribution in [3.05, 3.63) is 83.6 Å². The highest BCUT2D eigenvalue weighted by atomic mass is 32.2. The molecule has 0 aliphatic rings. The van der Waals surface area contributed by atoms with E-state index in [1.165, 1.54) is 18.3 Å². The fourth-order valence-electron chi connectivity index (χ4n) is 3.22. The van der Waals surface area contributed by atoms with Crippen LogP contribution in [0.15, 0.2) is 81.1 Å². The van der Waals surface area contributed by atoms with Crippen molar-refractivity contribution in [3.63, 3.8) is 0 Å². The third-order valence-corrected chi connectivity index (χ3v) is 6.49. The molecule has 4 aromatic rings. The fourth-order valence-corrected chi connectivity index (χ4v) is 4.26. The number of aryl methyl sites for hydroxylation is 1. The summed E-state index contributed by atoms with van der Waals surface area (Å²) >= 11 is 0. The number of hydrogen-bond acceptors (Lipinski definition) is 6. The van der Waals surface area contributed by atoms with Gasteiger partial charge in [0.1, 0.15) is 0 Å². The molecule has 1 N–H and O–H groups in total. The van der Waals surface area contributed by atoms with E-state index >= 15 is 0 Å². The van der Waals surface area contributed by atoms with Crippen LogP contribution in [0, 0.1) is 13.8 Å². The van der Waals surface area contributed by atoms with Crippen LogP contribution in [0.2, 0.25) is 0 Å². The van der Waals surface area contributed by atoms with Crippen molar-refractivity contribution in [2.45, 2.75) is 25.2 Å². The maximum absolute atomic E-state index is 12.6. The minimum absolute atomic E-state index is 0.0355. The van der Waals surface area contributed by atoms with Crippen LogP contribution in [0.1, 0.15) is 28.0 Å². The number of aliphatic imine (C=N–C) groups is 1. The van der Waals surface area contributed by atoms with Gasteiger partial charge in [-0.25, -0.2) is 13.1 Å². The van der Waals surface area contributed by atoms with Crippen molar-refractivity contribution in [2.75, 3.05) is 4.72 Å². The highest BCUT2D eigenvalue weighted by Gasteiger charge is 2.19. The number of carbonyl (C=O) groups is 1. The van der Waals surface area contributed by atoms with E-state index in [4.69, 9.17) is 4.52 Å². The summed E-state index contributed by atoms with van der Waals surface area (Å²) in [6.45, 7) is 3.45. The maximum Gasteiger partial charge on any atom is 0.264 e. The highest BCUT2D eigenvalue weighted by Crippen LogP contribution is 2.23. The summed E-state index contributed by atoms with van der Waals surface area (Å²) in [5, 5.41) is 5.67. The van der Waals surface area contributed by atoms with Gasteiger partial charge in [-0.1, -0.05) is 47.6 Å². The largest absolute Gasteiger partial charge is 0.337 e. The van der Waals surface area contributed by atoms with Gasteiger partial charge in [-0.15, -0.1) is 0 Å². The predicted octanol–water partition coefficient (Wildman–Crippen LogP) is 5.22. The summed E-state index contributed by atoms with van der Waals surface area (Å²) in [6.07, 6.45) is 1.67. The molecule has 0 saturated carbocycles. The van der Waals surface area contributed by atoms with E-state index in [1.807, 2.05) is 42.5 Å². The van der Waals surface area contributed by atoms with E-state index in [0.29, 0.717) is 22.5 Å². The lowest BCUT2D eigenvalue weighted by Gasteiger charge is -2.06. The molecule has 3 aromatic carbocycles. The Bertz CT molecular complexity index is 1420. The summed E-state index contributed by atoms with van der Waals surface area (Å²) in [7, 11) is -3.82. The SMILES string of the molecule is Cc1noc(NS(=O)(=O)c2ccc(N=CCC(=O)c3cccc4ccccc34)cc2)c1C. The number of hydrogen-bond donors (Lipinski definition) is 1. The summed E-state index contributed by atoms with van der Waals surface area (Å²) in [6, 6.07) is 19.4. The van der Waals surface area contributed by atoms with Crippen LogP contribution < -0.4 is 4.72 Å². The quantitative estimate of drug-likeness (QED) is 0.309. The van der Waals surface area contributed by atoms with Gasteiger partial charge in [0.25, 0.3) is 10.0 Å². The number of Topliss-reactive ketones (excluding diaryl/α,β-unsaturated/α-hetero) is 1. The van der Waals surface area contributed by atoms with Crippen LogP contribution in [-0.4, -0.2) is 25.6 Å². The van der Waals surface area contributed by atoms with Crippen LogP contribution in [0.25, 0.3) is 10.8 Å². The Morgan fingerprint density at radius 3 is 2.47 bits per heavy atom. The molecule has 0 fully saturated rings. The molecule has 0 unspecified atom stereocenters. The lowest BCUT2D eigenvalue weighted by atomic mass is 10.0. The first kappa shape index (κ1) is 21.5. The van der Waals surface area contributed by atoms with Crippen LogP contribution in [0.5, 0.6) is 0 Å². The van der Waals surface area contributed by atoms with Gasteiger partial charge in [0.05, 0.1) is 16.3 Å². The highest BCUT2D eigenvalue weighted by molar-refractivity contribution is 7.92. The Kier molecular flexibility index (Phi) is 5.87. The number of benzene rings is 3. The third-order valence-electron chi connectivity index (χ3n) is 5.14. The zero-order chi connectivity index (χ0) is 22.7. The van der Waals surface area contributed by atoms with Gasteiger partial charge in [0, 0.05) is 23.8 Å². The second kappa shape index (κ2) is 8.76. The first-order valence-electron chi connectivity index (χ1n) is 9.94. The molecular formula is C24H21N3O4S. The smallest absolute Gasteiger partial charge is 0.264 e. The van der Waals surface area contributed by atoms with Gasteiger partial charge in [0.15, 0.2) is 5.78 Å². The molecule has 8 heteroatoms. The standard InChI is InChI=1S/C24H21N3O4S/c1-16-17(2)26-31-24(16)27-32(29,30)20-12-10-19(11-13-20)25-15-14-23(28)22-9-5-7-18-6-3-4-8-21(18)22/h3-13,15,27H,14H2,1-2H3. The molecule has 0 radical (unpaired) electrons. The van der Waals surface area contributed by atoms with Crippen molar-refractivity contribution in [1.29, 1.82) is 0 Å². The molecule has 7 nitrogen and oxygen atoms in total. The topological polar surface area (TPSA) is 102 Å². The second-order valence-electron chi connectivity index (χ2n) is 7.29. The van der Waals surface area contributed by atoms with Crippen molar-refractivity contribution in [2.24, 2.45) is 4.99 Å². The average Bonchev–Trinajstić information content (AvgIpc) is 3.10. The van der Waals surface area contributed by atoms with Gasteiger partial charge in [0.2, 0.25) is 5.88 Å². The second-order valence-corrected chi connectivity index (χ2v) is 8.97. The Morgan fingerprint density at radius 2 is 1.75 bits per heavy atom. The molecular weight excluding hydrogens is 426 g/mol. The molecule has 1 aromatic heterocycles. The fraction of sp³-hybridized carbons (Fsp3) is 0.125. The Morgan fingerprint density at radius 1 is 1.03 bits per heavy atom. The molecule has 32 heavy (non-hydrogen) atoms. The summed E-state index contributed by atoms with van der Waals surface area (Å²) in [4.78, 5) is 17.0. The van der Waals surface area contributed by atoms with Gasteiger partial charge >= 0.3 is 0 Å². The molecule has 0 spiro atoms. The zero-order valence-electron chi connectivity index (χ0n) is 17.6. The van der Waals surface area contributed by atoms with E-state index in [0.717, 1.165) is 10.8 Å². The predicted molar refractivity (Wildman–Crippen MR) is 124 cm³/mol. The molecule has 0 bridgehead atoms. The average molecular weight is 448 g/mol. The van der Waals surface area contributed by atoms with Gasteiger partial charge in [-0.2, -0.15) is 0 Å². The number of fused-ring (bicyclic) bond motifs is 1. The summed E-state index contributed by atoms with van der Waals surface area (Å²) in [5.74, 6) is 0.0585. The molecule has 0 atom stereocenters. The molecule has 162 valence electrons. The lowest BCUT2D eigenvalue weighted by Crippen LogP contribution is -2.13. The summed E-state index contributed by atoms with van der Waals surface area (Å²) in [5.41, 5.74) is 2.44. The molecule has 0 aliphatic heterocycles. The van der Waals surface area contributed by atoms with Gasteiger partial charge in [-0.05, 0) is 48.9 Å². The number of carbonyl (C=O) groups excluding carboxylic acids is 1. The minimum Gasteiger partial charge on any atom is -0.337 e. The van der Waals surface area contributed by atoms with E-state index in [9.17, 15) is 13.2 Å². The molecule has 0 saturated heterocycles. The van der Waals surface area contributed by atoms with Crippen molar-refractivity contribution >= 4 is 44.4 Å². The number of nitrogens with zero attached hydrogens (tertiary/aromatic N) is 2. The van der Waals surface area contributed by atoms with Gasteiger partial charge < -0.3 is 4.52 Å². The Balaban J connectivity index is 1.44. The molecule has 4 rings (SSSR count). The van der Waals surface area contributed by atoms with E-state index in [-0.39, 0.29) is 23.0 Å². The normalized spacial score (nSPS) is 11.8. The van der Waals surface area contributed by atoms with Crippen LogP contribution in [-0.2, 0) is 10.0 Å². The third kappa shape index (κ3) is 4.45. The van der Waals surface area contributed by atoms with Crippen molar-refractivity contribution in [1.82, 2.24) is 5.16 Å². The number of aromatic nitrogens is 1. The number of ketones is 1. The van der Waals surface area contributed by atoms with Crippen LogP contribution >= 0.6 is 0 Å². The number of sulfonamides is 1. The molecule has 1 heterocycles. The Labute approximate surface area is 185 Å². The molecule has 0 aliphatic carbocycles. The summed E-state index contributed by atoms with van der Waals surface area (Å²) < 4.78 is 32.5. The molecule has 0 amide bonds. The van der Waals surface area contributed by atoms with Crippen molar-refractivity contribution < 1.29 is 17.7 Å². The van der Waals surface area contributed by atoms with Crippen molar-refractivity contribution in [3.8, 4) is 0 Å². The zero-order valence-corrected chi connectivity index (χ0v) is 18.4.